The zero-order valence-corrected chi connectivity index (χ0v) is 28.2. The van der Waals surface area contributed by atoms with E-state index >= 15 is 0 Å². The number of amides is 2. The van der Waals surface area contributed by atoms with Crippen LogP contribution in [0.25, 0.3) is 0 Å². The van der Waals surface area contributed by atoms with E-state index in [0.29, 0.717) is 22.8 Å². The average molecular weight is 683 g/mol. The first-order valence-corrected chi connectivity index (χ1v) is 17.0. The number of anilines is 1. The Morgan fingerprint density at radius 1 is 0.870 bits per heavy atom. The number of nitrogens with one attached hydrogen (secondary N) is 1. The minimum absolute atomic E-state index is 0.00896. The quantitative estimate of drug-likeness (QED) is 0.159. The van der Waals surface area contributed by atoms with Crippen molar-refractivity contribution in [3.05, 3.63) is 124 Å². The van der Waals surface area contributed by atoms with E-state index in [1.165, 1.54) is 35.2 Å². The van der Waals surface area contributed by atoms with Crippen molar-refractivity contribution < 1.29 is 22.7 Å². The largest absolute Gasteiger partial charge is 0.497 e. The summed E-state index contributed by atoms with van der Waals surface area (Å²) >= 11 is 12.7. The molecule has 0 saturated carbocycles. The van der Waals surface area contributed by atoms with E-state index in [9.17, 15) is 18.0 Å². The maximum Gasteiger partial charge on any atom is 0.264 e. The van der Waals surface area contributed by atoms with Crippen molar-refractivity contribution in [2.75, 3.05) is 18.0 Å². The molecule has 46 heavy (non-hydrogen) atoms. The van der Waals surface area contributed by atoms with Gasteiger partial charge in [-0.3, -0.25) is 13.9 Å². The van der Waals surface area contributed by atoms with Crippen LogP contribution in [0.2, 0.25) is 10.0 Å². The lowest BCUT2D eigenvalue weighted by atomic mass is 10.0. The number of carbonyl (C=O) groups excluding carboxylic acids is 2. The van der Waals surface area contributed by atoms with Crippen LogP contribution in [0, 0.1) is 0 Å². The van der Waals surface area contributed by atoms with Crippen molar-refractivity contribution in [1.29, 1.82) is 0 Å². The summed E-state index contributed by atoms with van der Waals surface area (Å²) in [5.74, 6) is -0.375. The van der Waals surface area contributed by atoms with E-state index in [2.05, 4.69) is 5.32 Å². The van der Waals surface area contributed by atoms with Crippen LogP contribution in [0.3, 0.4) is 0 Å². The molecule has 11 heteroatoms. The Morgan fingerprint density at radius 3 is 2.15 bits per heavy atom. The second-order valence-corrected chi connectivity index (χ2v) is 13.5. The number of hydrogen-bond donors (Lipinski definition) is 1. The molecule has 0 saturated heterocycles. The number of hydrogen-bond acceptors (Lipinski definition) is 5. The smallest absolute Gasteiger partial charge is 0.264 e. The lowest BCUT2D eigenvalue weighted by Gasteiger charge is -2.34. The molecule has 0 aliphatic carbocycles. The molecule has 0 bridgehead atoms. The van der Waals surface area contributed by atoms with Gasteiger partial charge in [-0.2, -0.15) is 0 Å². The second-order valence-electron chi connectivity index (χ2n) is 10.8. The van der Waals surface area contributed by atoms with Crippen LogP contribution in [-0.4, -0.2) is 50.9 Å². The van der Waals surface area contributed by atoms with Crippen LogP contribution in [0.1, 0.15) is 31.4 Å². The summed E-state index contributed by atoms with van der Waals surface area (Å²) in [4.78, 5) is 29.9. The van der Waals surface area contributed by atoms with E-state index in [1.54, 1.807) is 43.5 Å². The molecule has 0 radical (unpaired) electrons. The summed E-state index contributed by atoms with van der Waals surface area (Å²) in [6.07, 6.45) is 0.887. The number of halogens is 2. The number of ether oxygens (including phenoxy) is 1. The highest BCUT2D eigenvalue weighted by atomic mass is 35.5. The molecule has 8 nitrogen and oxygen atoms in total. The third-order valence-corrected chi connectivity index (χ3v) is 9.86. The van der Waals surface area contributed by atoms with Gasteiger partial charge in [0.25, 0.3) is 10.0 Å². The Balaban J connectivity index is 1.83. The fourth-order valence-corrected chi connectivity index (χ4v) is 6.89. The minimum Gasteiger partial charge on any atom is -0.497 e. The maximum atomic E-state index is 14.6. The van der Waals surface area contributed by atoms with Crippen LogP contribution in [-0.2, 0) is 32.6 Å². The first kappa shape index (κ1) is 34.8. The molecule has 0 fully saturated rings. The van der Waals surface area contributed by atoms with Crippen molar-refractivity contribution in [3.63, 3.8) is 0 Å². The van der Waals surface area contributed by atoms with Crippen molar-refractivity contribution >= 4 is 50.7 Å². The first-order chi connectivity index (χ1) is 22.0. The Labute approximate surface area is 280 Å². The maximum absolute atomic E-state index is 14.6. The summed E-state index contributed by atoms with van der Waals surface area (Å²) in [5.41, 5.74) is 1.61. The Morgan fingerprint density at radius 2 is 1.52 bits per heavy atom. The summed E-state index contributed by atoms with van der Waals surface area (Å²) in [6.45, 7) is 3.22. The highest BCUT2D eigenvalue weighted by Crippen LogP contribution is 2.33. The molecule has 0 aliphatic rings. The molecule has 0 aromatic heterocycles. The van der Waals surface area contributed by atoms with Crippen LogP contribution < -0.4 is 14.4 Å². The van der Waals surface area contributed by atoms with E-state index in [4.69, 9.17) is 27.9 Å². The van der Waals surface area contributed by atoms with Gasteiger partial charge in [0.15, 0.2) is 0 Å². The molecule has 0 heterocycles. The van der Waals surface area contributed by atoms with Crippen molar-refractivity contribution in [2.45, 2.75) is 50.2 Å². The van der Waals surface area contributed by atoms with Crippen LogP contribution in [0.5, 0.6) is 5.75 Å². The lowest BCUT2D eigenvalue weighted by molar-refractivity contribution is -0.140. The molecule has 4 rings (SSSR count). The van der Waals surface area contributed by atoms with Gasteiger partial charge in [0.1, 0.15) is 18.3 Å². The van der Waals surface area contributed by atoms with Crippen LogP contribution >= 0.6 is 23.2 Å². The highest BCUT2D eigenvalue weighted by Gasteiger charge is 2.35. The molecular weight excluding hydrogens is 645 g/mol. The van der Waals surface area contributed by atoms with Gasteiger partial charge < -0.3 is 15.0 Å². The van der Waals surface area contributed by atoms with Gasteiger partial charge in [-0.05, 0) is 66.9 Å². The Hall–Kier alpha value is -4.05. The van der Waals surface area contributed by atoms with Crippen molar-refractivity contribution in [2.24, 2.45) is 0 Å². The van der Waals surface area contributed by atoms with Gasteiger partial charge >= 0.3 is 0 Å². The SMILES string of the molecule is CC[C@@H](C)NC(=O)[C@H](Cc1ccccc1)N(Cc1cccc(OC)c1)C(=O)CN(c1ccc(Cl)cc1Cl)S(=O)(=O)c1ccccc1. The van der Waals surface area contributed by atoms with Gasteiger partial charge in [0.2, 0.25) is 11.8 Å². The lowest BCUT2D eigenvalue weighted by Crippen LogP contribution is -2.54. The zero-order chi connectivity index (χ0) is 33.3. The second kappa shape index (κ2) is 16.0. The number of sulfonamides is 1. The van der Waals surface area contributed by atoms with E-state index in [0.717, 1.165) is 9.87 Å². The number of rotatable bonds is 14. The van der Waals surface area contributed by atoms with Gasteiger partial charge in [0.05, 0.1) is 22.7 Å². The van der Waals surface area contributed by atoms with E-state index in [-0.39, 0.29) is 40.5 Å². The van der Waals surface area contributed by atoms with Gasteiger partial charge in [0, 0.05) is 24.0 Å². The first-order valence-electron chi connectivity index (χ1n) is 14.8. The standard InChI is InChI=1S/C35H37Cl2N3O5S/c1-4-25(2)38-35(42)33(21-26-12-7-5-8-13-26)39(23-27-14-11-15-29(20-27)45-3)34(41)24-40(32-19-18-28(36)22-31(32)37)46(43,44)30-16-9-6-10-17-30/h5-20,22,25,33H,4,21,23-24H2,1-3H3,(H,38,42)/t25-,33+/m1/s1. The summed E-state index contributed by atoms with van der Waals surface area (Å²) < 4.78 is 34.6. The normalized spacial score (nSPS) is 12.5. The highest BCUT2D eigenvalue weighted by molar-refractivity contribution is 7.92. The Kier molecular flexibility index (Phi) is 12.1. The summed E-state index contributed by atoms with van der Waals surface area (Å²) in [6, 6.07) is 27.6. The monoisotopic (exact) mass is 681 g/mol. The fourth-order valence-electron chi connectivity index (χ4n) is 4.88. The molecule has 4 aromatic carbocycles. The summed E-state index contributed by atoms with van der Waals surface area (Å²) in [7, 11) is -2.75. The number of carbonyl (C=O) groups is 2. The molecule has 4 aromatic rings. The van der Waals surface area contributed by atoms with Gasteiger partial charge in [-0.1, -0.05) is 90.8 Å². The number of nitrogens with zero attached hydrogens (tertiary/aromatic N) is 2. The van der Waals surface area contributed by atoms with Crippen LogP contribution in [0.15, 0.2) is 108 Å². The third kappa shape index (κ3) is 8.81. The third-order valence-electron chi connectivity index (χ3n) is 7.55. The fraction of sp³-hybridized carbons (Fsp3) is 0.257. The predicted molar refractivity (Wildman–Crippen MR) is 183 cm³/mol. The van der Waals surface area contributed by atoms with Gasteiger partial charge in [-0.15, -0.1) is 0 Å². The topological polar surface area (TPSA) is 96.0 Å². The zero-order valence-electron chi connectivity index (χ0n) is 25.9. The summed E-state index contributed by atoms with van der Waals surface area (Å²) in [5, 5.41) is 3.38. The van der Waals surface area contributed by atoms with Crippen LogP contribution in [0.4, 0.5) is 5.69 Å². The molecule has 1 N–H and O–H groups in total. The number of benzene rings is 4. The molecule has 0 spiro atoms. The van der Waals surface area contributed by atoms with E-state index < -0.39 is 28.5 Å². The van der Waals surface area contributed by atoms with Crippen molar-refractivity contribution in [3.8, 4) is 5.75 Å². The van der Waals surface area contributed by atoms with Crippen molar-refractivity contribution in [1.82, 2.24) is 10.2 Å². The van der Waals surface area contributed by atoms with E-state index in [1.807, 2.05) is 50.2 Å². The molecule has 2 amide bonds. The Bertz CT molecular complexity index is 1740. The predicted octanol–water partition coefficient (Wildman–Crippen LogP) is 6.75. The average Bonchev–Trinajstić information content (AvgIpc) is 3.06. The number of methoxy groups -OCH3 is 1. The van der Waals surface area contributed by atoms with Gasteiger partial charge in [-0.25, -0.2) is 8.42 Å². The molecule has 2 atom stereocenters. The molecular formula is C35H37Cl2N3O5S. The molecule has 0 unspecified atom stereocenters. The molecule has 0 aliphatic heterocycles. The minimum atomic E-state index is -4.29. The molecule has 242 valence electrons.